The Labute approximate surface area is 132 Å². The van der Waals surface area contributed by atoms with E-state index in [0.29, 0.717) is 0 Å². The SMILES string of the molecule is C=N/C=c1/cc(-c2cc(F)ccc2C)cc/c1=C(\Br)CC. The van der Waals surface area contributed by atoms with Crippen molar-refractivity contribution in [2.24, 2.45) is 4.99 Å². The molecule has 0 bridgehead atoms. The number of nitrogens with zero attached hydrogens (tertiary/aromatic N) is 1. The van der Waals surface area contributed by atoms with Crippen molar-refractivity contribution >= 4 is 33.3 Å². The first-order valence-electron chi connectivity index (χ1n) is 6.78. The summed E-state index contributed by atoms with van der Waals surface area (Å²) in [6.07, 6.45) is 2.63. The quantitative estimate of drug-likeness (QED) is 0.741. The van der Waals surface area contributed by atoms with Crippen molar-refractivity contribution in [2.75, 3.05) is 0 Å². The van der Waals surface area contributed by atoms with Gasteiger partial charge in [0.1, 0.15) is 5.82 Å². The molecule has 0 spiro atoms. The normalized spacial score (nSPS) is 13.2. The lowest BCUT2D eigenvalue weighted by molar-refractivity contribution is 0.628. The third-order valence-corrected chi connectivity index (χ3v) is 4.38. The second-order valence-corrected chi connectivity index (χ2v) is 5.79. The number of halogens is 2. The molecule has 0 aliphatic heterocycles. The molecule has 0 aromatic heterocycles. The van der Waals surface area contributed by atoms with E-state index in [0.717, 1.165) is 38.0 Å². The number of benzene rings is 2. The highest BCUT2D eigenvalue weighted by molar-refractivity contribution is 9.14. The van der Waals surface area contributed by atoms with E-state index >= 15 is 0 Å². The highest BCUT2D eigenvalue weighted by Gasteiger charge is 2.04. The summed E-state index contributed by atoms with van der Waals surface area (Å²) < 4.78 is 14.6. The van der Waals surface area contributed by atoms with Crippen molar-refractivity contribution in [1.82, 2.24) is 0 Å². The molecule has 0 aliphatic rings. The van der Waals surface area contributed by atoms with Gasteiger partial charge in [-0.05, 0) is 60.2 Å². The summed E-state index contributed by atoms with van der Waals surface area (Å²) in [6, 6.07) is 10.9. The molecule has 2 rings (SSSR count). The number of aliphatic imine (C=N–C) groups is 1. The first-order valence-corrected chi connectivity index (χ1v) is 7.57. The molecule has 1 nitrogen and oxygen atoms in total. The van der Waals surface area contributed by atoms with E-state index in [1.165, 1.54) is 6.07 Å². The molecule has 0 fully saturated rings. The Balaban J connectivity index is 2.75. The van der Waals surface area contributed by atoms with Gasteiger partial charge in [-0.2, -0.15) is 0 Å². The van der Waals surface area contributed by atoms with Gasteiger partial charge in [-0.15, -0.1) is 0 Å². The Morgan fingerprint density at radius 3 is 2.71 bits per heavy atom. The van der Waals surface area contributed by atoms with E-state index < -0.39 is 0 Å². The van der Waals surface area contributed by atoms with E-state index in [1.54, 1.807) is 18.3 Å². The lowest BCUT2D eigenvalue weighted by Crippen LogP contribution is -2.25. The Hall–Kier alpha value is -1.74. The van der Waals surface area contributed by atoms with E-state index in [2.05, 4.69) is 34.6 Å². The number of aryl methyl sites for hydroxylation is 1. The molecule has 0 saturated heterocycles. The van der Waals surface area contributed by atoms with Gasteiger partial charge >= 0.3 is 0 Å². The summed E-state index contributed by atoms with van der Waals surface area (Å²) in [4.78, 5) is 3.87. The zero-order chi connectivity index (χ0) is 15.4. The molecule has 0 unspecified atom stereocenters. The van der Waals surface area contributed by atoms with Crippen molar-refractivity contribution in [3.05, 3.63) is 58.2 Å². The molecule has 0 heterocycles. The van der Waals surface area contributed by atoms with Crippen LogP contribution in [0.2, 0.25) is 0 Å². The molecule has 0 amide bonds. The molecule has 2 aromatic carbocycles. The molecule has 0 radical (unpaired) electrons. The summed E-state index contributed by atoms with van der Waals surface area (Å²) in [5.41, 5.74) is 2.91. The van der Waals surface area contributed by atoms with Gasteiger partial charge in [0.15, 0.2) is 0 Å². The van der Waals surface area contributed by atoms with Crippen LogP contribution in [0.1, 0.15) is 18.9 Å². The second-order valence-electron chi connectivity index (χ2n) is 4.83. The fraction of sp³-hybridized carbons (Fsp3) is 0.167. The van der Waals surface area contributed by atoms with Crippen LogP contribution in [0.25, 0.3) is 21.8 Å². The maximum Gasteiger partial charge on any atom is 0.123 e. The summed E-state index contributed by atoms with van der Waals surface area (Å²) in [5, 5.41) is 2.06. The van der Waals surface area contributed by atoms with Crippen molar-refractivity contribution in [2.45, 2.75) is 20.3 Å². The van der Waals surface area contributed by atoms with Gasteiger partial charge in [-0.1, -0.05) is 41.1 Å². The molecule has 108 valence electrons. The van der Waals surface area contributed by atoms with Crippen molar-refractivity contribution in [3.63, 3.8) is 0 Å². The van der Waals surface area contributed by atoms with Crippen LogP contribution >= 0.6 is 15.9 Å². The van der Waals surface area contributed by atoms with Crippen LogP contribution in [0.4, 0.5) is 4.39 Å². The Morgan fingerprint density at radius 2 is 2.05 bits per heavy atom. The van der Waals surface area contributed by atoms with E-state index in [-0.39, 0.29) is 5.82 Å². The standard InChI is InChI=1S/C18H17BrFN/c1-4-18(19)16-8-6-13(9-14(16)11-21-3)17-10-15(20)7-5-12(17)2/h5-11H,3-4H2,1-2H3/b14-11-,18-16+. The average Bonchev–Trinajstić information content (AvgIpc) is 2.49. The molecular formula is C18H17BrFN. The first-order chi connectivity index (χ1) is 10.1. The van der Waals surface area contributed by atoms with Crippen molar-refractivity contribution < 1.29 is 4.39 Å². The Morgan fingerprint density at radius 1 is 1.29 bits per heavy atom. The predicted molar refractivity (Wildman–Crippen MR) is 92.5 cm³/mol. The summed E-state index contributed by atoms with van der Waals surface area (Å²) in [5.74, 6) is -0.228. The van der Waals surface area contributed by atoms with Gasteiger partial charge in [0, 0.05) is 15.9 Å². The third-order valence-electron chi connectivity index (χ3n) is 3.40. The van der Waals surface area contributed by atoms with Crippen molar-refractivity contribution in [3.8, 4) is 11.1 Å². The summed E-state index contributed by atoms with van der Waals surface area (Å²) in [6.45, 7) is 7.59. The number of hydrogen-bond acceptors (Lipinski definition) is 1. The summed E-state index contributed by atoms with van der Waals surface area (Å²) in [7, 11) is 0. The minimum Gasteiger partial charge on any atom is -0.272 e. The molecule has 0 aliphatic carbocycles. The minimum atomic E-state index is -0.228. The lowest BCUT2D eigenvalue weighted by atomic mass is 9.99. The molecule has 3 heteroatoms. The maximum absolute atomic E-state index is 13.5. The Kier molecular flexibility index (Phi) is 5.07. The zero-order valence-corrected chi connectivity index (χ0v) is 13.7. The molecule has 0 atom stereocenters. The van der Waals surface area contributed by atoms with Crippen LogP contribution in [0.5, 0.6) is 0 Å². The third kappa shape index (κ3) is 3.48. The maximum atomic E-state index is 13.5. The van der Waals surface area contributed by atoms with Gasteiger partial charge in [0.25, 0.3) is 0 Å². The predicted octanol–water partition coefficient (Wildman–Crippen LogP) is 4.15. The highest BCUT2D eigenvalue weighted by atomic mass is 79.9. The highest BCUT2D eigenvalue weighted by Crippen LogP contribution is 2.22. The Bertz CT molecular complexity index is 793. The van der Waals surface area contributed by atoms with Crippen LogP contribution in [-0.4, -0.2) is 6.72 Å². The van der Waals surface area contributed by atoms with Gasteiger partial charge in [0.05, 0.1) is 0 Å². The van der Waals surface area contributed by atoms with E-state index in [4.69, 9.17) is 0 Å². The molecular weight excluding hydrogens is 329 g/mol. The van der Waals surface area contributed by atoms with Crippen LogP contribution in [0, 0.1) is 12.7 Å². The monoisotopic (exact) mass is 345 g/mol. The lowest BCUT2D eigenvalue weighted by Gasteiger charge is -2.07. The second kappa shape index (κ2) is 6.81. The fourth-order valence-electron chi connectivity index (χ4n) is 2.28. The van der Waals surface area contributed by atoms with Crippen LogP contribution in [0.15, 0.2) is 41.4 Å². The topological polar surface area (TPSA) is 12.4 Å². The van der Waals surface area contributed by atoms with Crippen molar-refractivity contribution in [1.29, 1.82) is 0 Å². The number of hydrogen-bond donors (Lipinski definition) is 0. The van der Waals surface area contributed by atoms with Crippen LogP contribution in [-0.2, 0) is 0 Å². The zero-order valence-electron chi connectivity index (χ0n) is 12.2. The minimum absolute atomic E-state index is 0.228. The van der Waals surface area contributed by atoms with Gasteiger partial charge in [-0.3, -0.25) is 4.99 Å². The molecule has 0 saturated carbocycles. The average molecular weight is 346 g/mol. The molecule has 0 N–H and O–H groups in total. The largest absolute Gasteiger partial charge is 0.272 e. The summed E-state index contributed by atoms with van der Waals surface area (Å²) >= 11 is 3.59. The van der Waals surface area contributed by atoms with Gasteiger partial charge < -0.3 is 0 Å². The van der Waals surface area contributed by atoms with Gasteiger partial charge in [0.2, 0.25) is 0 Å². The number of rotatable bonds is 3. The van der Waals surface area contributed by atoms with Crippen LogP contribution in [0.3, 0.4) is 0 Å². The van der Waals surface area contributed by atoms with Gasteiger partial charge in [-0.25, -0.2) is 4.39 Å². The molecule has 2 aromatic rings. The fourth-order valence-corrected chi connectivity index (χ4v) is 2.64. The van der Waals surface area contributed by atoms with E-state index in [1.807, 2.05) is 25.1 Å². The van der Waals surface area contributed by atoms with Crippen LogP contribution < -0.4 is 10.4 Å². The first kappa shape index (κ1) is 15.6. The van der Waals surface area contributed by atoms with E-state index in [9.17, 15) is 4.39 Å². The molecule has 21 heavy (non-hydrogen) atoms. The smallest absolute Gasteiger partial charge is 0.123 e.